The molecular weight excluding hydrogens is 371 g/mol. The van der Waals surface area contributed by atoms with Gasteiger partial charge >= 0.3 is 0 Å². The van der Waals surface area contributed by atoms with Crippen molar-refractivity contribution in [1.82, 2.24) is 15.5 Å². The number of halogens is 1. The van der Waals surface area contributed by atoms with Gasteiger partial charge in [-0.1, -0.05) is 19.3 Å². The molecule has 0 unspecified atom stereocenters. The van der Waals surface area contributed by atoms with Crippen LogP contribution in [0.4, 0.5) is 10.2 Å². The largest absolute Gasteiger partial charge is 0.352 e. The smallest absolute Gasteiger partial charge is 0.256 e. The van der Waals surface area contributed by atoms with Gasteiger partial charge in [0.2, 0.25) is 0 Å². The Balaban J connectivity index is 1.47. The van der Waals surface area contributed by atoms with Crippen molar-refractivity contribution in [2.75, 3.05) is 11.9 Å². The third-order valence-corrected chi connectivity index (χ3v) is 5.44. The minimum absolute atomic E-state index is 0.130. The molecule has 0 spiro atoms. The molecule has 29 heavy (non-hydrogen) atoms. The highest BCUT2D eigenvalue weighted by Gasteiger charge is 2.17. The van der Waals surface area contributed by atoms with Gasteiger partial charge in [0.05, 0.1) is 5.52 Å². The van der Waals surface area contributed by atoms with Gasteiger partial charge in [0.15, 0.2) is 5.82 Å². The molecule has 1 aliphatic rings. The lowest BCUT2D eigenvalue weighted by Gasteiger charge is -2.21. The van der Waals surface area contributed by atoms with Crippen LogP contribution in [0.1, 0.15) is 52.8 Å². The summed E-state index contributed by atoms with van der Waals surface area (Å²) in [5.74, 6) is -0.0529. The number of aromatic amines is 1. The quantitative estimate of drug-likeness (QED) is 0.604. The van der Waals surface area contributed by atoms with E-state index in [0.29, 0.717) is 40.3 Å². The summed E-state index contributed by atoms with van der Waals surface area (Å²) in [7, 11) is 0. The molecule has 3 aromatic rings. The monoisotopic (exact) mass is 394 g/mol. The molecule has 6 nitrogen and oxygen atoms in total. The number of aromatic nitrogens is 2. The van der Waals surface area contributed by atoms with Gasteiger partial charge in [0.25, 0.3) is 11.8 Å². The molecule has 0 saturated heterocycles. The van der Waals surface area contributed by atoms with Crippen molar-refractivity contribution in [3.05, 3.63) is 59.4 Å². The zero-order valence-electron chi connectivity index (χ0n) is 16.0. The van der Waals surface area contributed by atoms with Crippen LogP contribution in [-0.2, 0) is 0 Å². The molecule has 0 bridgehead atoms. The Hall–Kier alpha value is -3.22. The summed E-state index contributed by atoms with van der Waals surface area (Å²) in [4.78, 5) is 25.0. The molecule has 3 N–H and O–H groups in total. The molecule has 4 rings (SSSR count). The van der Waals surface area contributed by atoms with E-state index in [-0.39, 0.29) is 5.91 Å². The zero-order valence-corrected chi connectivity index (χ0v) is 16.0. The summed E-state index contributed by atoms with van der Waals surface area (Å²) in [6, 6.07) is 10.5. The predicted octanol–water partition coefficient (Wildman–Crippen LogP) is 4.26. The van der Waals surface area contributed by atoms with Gasteiger partial charge in [0, 0.05) is 23.1 Å². The Morgan fingerprint density at radius 1 is 1.00 bits per heavy atom. The third-order valence-electron chi connectivity index (χ3n) is 5.44. The highest BCUT2D eigenvalue weighted by atomic mass is 19.1. The first-order valence-electron chi connectivity index (χ1n) is 9.93. The second kappa shape index (κ2) is 8.43. The Labute approximate surface area is 167 Å². The van der Waals surface area contributed by atoms with Crippen molar-refractivity contribution < 1.29 is 14.0 Å². The fourth-order valence-corrected chi connectivity index (χ4v) is 3.76. The van der Waals surface area contributed by atoms with Crippen molar-refractivity contribution in [2.24, 2.45) is 5.92 Å². The van der Waals surface area contributed by atoms with E-state index in [1.165, 1.54) is 56.4 Å². The number of hydrogen-bond donors (Lipinski definition) is 3. The van der Waals surface area contributed by atoms with Crippen molar-refractivity contribution in [1.29, 1.82) is 0 Å². The molecular formula is C22H23FN4O2. The second-order valence-electron chi connectivity index (χ2n) is 7.51. The average Bonchev–Trinajstić information content (AvgIpc) is 3.15. The highest BCUT2D eigenvalue weighted by molar-refractivity contribution is 6.09. The first-order valence-corrected chi connectivity index (χ1v) is 9.93. The van der Waals surface area contributed by atoms with Crippen LogP contribution in [0.2, 0.25) is 0 Å². The molecule has 1 aliphatic carbocycles. The maximum Gasteiger partial charge on any atom is 0.256 e. The van der Waals surface area contributed by atoms with Crippen LogP contribution in [-0.4, -0.2) is 28.6 Å². The van der Waals surface area contributed by atoms with E-state index in [0.717, 1.165) is 0 Å². The molecule has 0 aliphatic heterocycles. The molecule has 2 amide bonds. The van der Waals surface area contributed by atoms with Gasteiger partial charge in [-0.25, -0.2) is 4.39 Å². The number of anilines is 1. The first-order chi connectivity index (χ1) is 14.1. The number of benzene rings is 2. The number of nitrogens with one attached hydrogen (secondary N) is 3. The lowest BCUT2D eigenvalue weighted by atomic mass is 9.89. The number of carbonyl (C=O) groups excluding carboxylic acids is 2. The average molecular weight is 394 g/mol. The van der Waals surface area contributed by atoms with E-state index in [9.17, 15) is 14.0 Å². The summed E-state index contributed by atoms with van der Waals surface area (Å²) in [6.07, 6.45) is 6.09. The van der Waals surface area contributed by atoms with Gasteiger partial charge in [-0.3, -0.25) is 14.7 Å². The topological polar surface area (TPSA) is 86.9 Å². The van der Waals surface area contributed by atoms with Crippen LogP contribution < -0.4 is 10.6 Å². The van der Waals surface area contributed by atoms with Crippen LogP contribution in [0.5, 0.6) is 0 Å². The Morgan fingerprint density at radius 3 is 2.48 bits per heavy atom. The number of rotatable bonds is 5. The van der Waals surface area contributed by atoms with Gasteiger partial charge in [-0.05, 0) is 61.2 Å². The fraction of sp³-hybridized carbons (Fsp3) is 0.318. The SMILES string of the molecule is O=C(NCC1CCCCC1)c1ccc2[nH]nc(NC(=O)c3ccc(F)cc3)c2c1. The first kappa shape index (κ1) is 19.1. The summed E-state index contributed by atoms with van der Waals surface area (Å²) >= 11 is 0. The minimum atomic E-state index is -0.407. The fourth-order valence-electron chi connectivity index (χ4n) is 3.76. The van der Waals surface area contributed by atoms with E-state index in [1.807, 2.05) is 0 Å². The van der Waals surface area contributed by atoms with Gasteiger partial charge < -0.3 is 10.6 Å². The number of H-pyrrole nitrogens is 1. The van der Waals surface area contributed by atoms with E-state index >= 15 is 0 Å². The van der Waals surface area contributed by atoms with E-state index in [1.54, 1.807) is 18.2 Å². The lowest BCUT2D eigenvalue weighted by Crippen LogP contribution is -2.30. The molecule has 1 heterocycles. The molecule has 1 fully saturated rings. The van der Waals surface area contributed by atoms with E-state index in [4.69, 9.17) is 0 Å². The Bertz CT molecular complexity index is 1020. The van der Waals surface area contributed by atoms with Gasteiger partial charge in [0.1, 0.15) is 5.82 Å². The Kier molecular flexibility index (Phi) is 5.55. The van der Waals surface area contributed by atoms with E-state index < -0.39 is 11.7 Å². The van der Waals surface area contributed by atoms with Crippen LogP contribution in [0.3, 0.4) is 0 Å². The molecule has 2 aromatic carbocycles. The van der Waals surface area contributed by atoms with Crippen LogP contribution in [0.15, 0.2) is 42.5 Å². The maximum atomic E-state index is 13.1. The maximum absolute atomic E-state index is 13.1. The predicted molar refractivity (Wildman–Crippen MR) is 109 cm³/mol. The number of carbonyl (C=O) groups is 2. The van der Waals surface area contributed by atoms with Crippen molar-refractivity contribution in [3.8, 4) is 0 Å². The Morgan fingerprint density at radius 2 is 1.72 bits per heavy atom. The van der Waals surface area contributed by atoms with Crippen LogP contribution in [0, 0.1) is 11.7 Å². The van der Waals surface area contributed by atoms with Crippen molar-refractivity contribution in [2.45, 2.75) is 32.1 Å². The number of fused-ring (bicyclic) bond motifs is 1. The second-order valence-corrected chi connectivity index (χ2v) is 7.51. The van der Waals surface area contributed by atoms with Gasteiger partial charge in [-0.2, -0.15) is 5.10 Å². The summed E-state index contributed by atoms with van der Waals surface area (Å²) < 4.78 is 13.1. The summed E-state index contributed by atoms with van der Waals surface area (Å²) in [6.45, 7) is 0.691. The van der Waals surface area contributed by atoms with E-state index in [2.05, 4.69) is 20.8 Å². The molecule has 150 valence electrons. The van der Waals surface area contributed by atoms with Crippen molar-refractivity contribution >= 4 is 28.5 Å². The zero-order chi connectivity index (χ0) is 20.2. The standard InChI is InChI=1S/C22H23FN4O2/c23-17-9-6-15(7-10-17)22(29)25-20-18-12-16(8-11-19(18)26-27-20)21(28)24-13-14-4-2-1-3-5-14/h6-12,14H,1-5,13H2,(H,24,28)(H2,25,26,27,29). The lowest BCUT2D eigenvalue weighted by molar-refractivity contribution is 0.0943. The number of nitrogens with zero attached hydrogens (tertiary/aromatic N) is 1. The molecule has 1 aromatic heterocycles. The van der Waals surface area contributed by atoms with Crippen molar-refractivity contribution in [3.63, 3.8) is 0 Å². The molecule has 1 saturated carbocycles. The third kappa shape index (κ3) is 4.45. The number of amides is 2. The van der Waals surface area contributed by atoms with Crippen LogP contribution in [0.25, 0.3) is 10.9 Å². The molecule has 0 radical (unpaired) electrons. The highest BCUT2D eigenvalue weighted by Crippen LogP contribution is 2.24. The summed E-state index contributed by atoms with van der Waals surface area (Å²) in [5.41, 5.74) is 1.55. The molecule has 0 atom stereocenters. The normalized spacial score (nSPS) is 14.7. The van der Waals surface area contributed by atoms with Gasteiger partial charge in [-0.15, -0.1) is 0 Å². The van der Waals surface area contributed by atoms with Crippen LogP contribution >= 0.6 is 0 Å². The number of hydrogen-bond acceptors (Lipinski definition) is 3. The minimum Gasteiger partial charge on any atom is -0.352 e. The molecule has 7 heteroatoms. The summed E-state index contributed by atoms with van der Waals surface area (Å²) in [5, 5.41) is 13.4.